The van der Waals surface area contributed by atoms with Gasteiger partial charge in [-0.25, -0.2) is 0 Å². The summed E-state index contributed by atoms with van der Waals surface area (Å²) in [6.07, 6.45) is 7.78. The second-order valence-corrected chi connectivity index (χ2v) is 11.9. The van der Waals surface area contributed by atoms with Crippen LogP contribution in [0.4, 0.5) is 0 Å². The minimum absolute atomic E-state index is 0.0128. The first kappa shape index (κ1) is 32.5. The first-order valence-corrected chi connectivity index (χ1v) is 16.0. The molecule has 4 atom stereocenters. The van der Waals surface area contributed by atoms with Gasteiger partial charge in [-0.2, -0.15) is 0 Å². The van der Waals surface area contributed by atoms with Crippen LogP contribution >= 0.6 is 23.2 Å². The lowest BCUT2D eigenvalue weighted by atomic mass is 9.98. The van der Waals surface area contributed by atoms with Crippen LogP contribution in [0, 0.1) is 0 Å². The summed E-state index contributed by atoms with van der Waals surface area (Å²) >= 11 is 13.6. The van der Waals surface area contributed by atoms with Crippen molar-refractivity contribution < 1.29 is 18.9 Å². The summed E-state index contributed by atoms with van der Waals surface area (Å²) in [5.41, 5.74) is 0. The predicted molar refractivity (Wildman–Crippen MR) is 171 cm³/mol. The molecule has 3 aromatic carbocycles. The highest BCUT2D eigenvalue weighted by Crippen LogP contribution is 2.53. The molecule has 0 aliphatic heterocycles. The number of hydrogen-bond acceptors (Lipinski definition) is 4. The van der Waals surface area contributed by atoms with E-state index in [4.69, 9.17) is 42.1 Å². The molecule has 222 valence electrons. The van der Waals surface area contributed by atoms with Crippen molar-refractivity contribution in [1.29, 1.82) is 0 Å². The SMILES string of the molecule is CCCC(C)Oc1ccc(OC(C)CCC)c2c(OC(C)CCC)c3c(Cl)c(Cl)ccc3c(OC(C)CCC)c12. The maximum atomic E-state index is 7.00. The number of halogens is 2. The normalized spacial score (nSPS) is 14.7. The third-order valence-corrected chi connectivity index (χ3v) is 8.03. The molecule has 6 heteroatoms. The lowest BCUT2D eigenvalue weighted by Crippen LogP contribution is -2.16. The van der Waals surface area contributed by atoms with Gasteiger partial charge in [-0.3, -0.25) is 0 Å². The van der Waals surface area contributed by atoms with E-state index in [2.05, 4.69) is 55.4 Å². The van der Waals surface area contributed by atoms with Crippen LogP contribution in [0.1, 0.15) is 107 Å². The van der Waals surface area contributed by atoms with E-state index in [1.54, 1.807) is 0 Å². The minimum Gasteiger partial charge on any atom is -0.490 e. The maximum Gasteiger partial charge on any atom is 0.141 e. The van der Waals surface area contributed by atoms with Gasteiger partial charge in [-0.05, 0) is 77.6 Å². The highest BCUT2D eigenvalue weighted by atomic mass is 35.5. The largest absolute Gasteiger partial charge is 0.490 e. The van der Waals surface area contributed by atoms with E-state index in [1.165, 1.54) is 0 Å². The zero-order valence-electron chi connectivity index (χ0n) is 25.7. The van der Waals surface area contributed by atoms with Crippen LogP contribution in [0.15, 0.2) is 24.3 Å². The molecule has 0 bridgehead atoms. The molecule has 0 saturated heterocycles. The molecule has 3 aromatic rings. The Kier molecular flexibility index (Phi) is 12.4. The van der Waals surface area contributed by atoms with Crippen LogP contribution in [-0.4, -0.2) is 24.4 Å². The monoisotopic (exact) mass is 590 g/mol. The van der Waals surface area contributed by atoms with Crippen molar-refractivity contribution in [2.45, 2.75) is 131 Å². The fourth-order valence-electron chi connectivity index (χ4n) is 5.37. The van der Waals surface area contributed by atoms with Gasteiger partial charge in [0.15, 0.2) is 0 Å². The van der Waals surface area contributed by atoms with Gasteiger partial charge in [0.05, 0.1) is 45.2 Å². The van der Waals surface area contributed by atoms with Gasteiger partial charge >= 0.3 is 0 Å². The zero-order chi connectivity index (χ0) is 29.4. The standard InChI is InChI=1S/C34H48Cl2O4/c1-9-13-21(5)37-27-19-20-28(38-22(6)14-10-2)31-30(27)33(39-23(7)15-11-3)25-17-18-26(35)32(36)29(25)34(31)40-24(8)16-12-4/h17-24H,9-16H2,1-8H3. The summed E-state index contributed by atoms with van der Waals surface area (Å²) in [7, 11) is 0. The van der Waals surface area contributed by atoms with Crippen LogP contribution in [0.5, 0.6) is 23.0 Å². The molecule has 0 saturated carbocycles. The Morgan fingerprint density at radius 1 is 0.525 bits per heavy atom. The van der Waals surface area contributed by atoms with Crippen LogP contribution in [-0.2, 0) is 0 Å². The predicted octanol–water partition coefficient (Wildman–Crippen LogP) is 11.6. The van der Waals surface area contributed by atoms with Crippen molar-refractivity contribution in [3.05, 3.63) is 34.3 Å². The topological polar surface area (TPSA) is 36.9 Å². The number of benzene rings is 3. The lowest BCUT2D eigenvalue weighted by molar-refractivity contribution is 0.198. The van der Waals surface area contributed by atoms with Crippen molar-refractivity contribution in [2.75, 3.05) is 0 Å². The van der Waals surface area contributed by atoms with Crippen LogP contribution in [0.25, 0.3) is 21.5 Å². The van der Waals surface area contributed by atoms with Crippen molar-refractivity contribution in [3.63, 3.8) is 0 Å². The first-order chi connectivity index (χ1) is 19.2. The van der Waals surface area contributed by atoms with Crippen molar-refractivity contribution in [3.8, 4) is 23.0 Å². The zero-order valence-corrected chi connectivity index (χ0v) is 27.2. The quantitative estimate of drug-likeness (QED) is 0.155. The molecule has 0 amide bonds. The Morgan fingerprint density at radius 3 is 1.38 bits per heavy atom. The van der Waals surface area contributed by atoms with Gasteiger partial charge in [0.25, 0.3) is 0 Å². The molecule has 0 aromatic heterocycles. The number of ether oxygens (including phenoxy) is 4. The Bertz CT molecular complexity index is 1260. The van der Waals surface area contributed by atoms with Gasteiger partial charge in [0, 0.05) is 10.8 Å². The van der Waals surface area contributed by atoms with Gasteiger partial charge in [-0.15, -0.1) is 0 Å². The summed E-state index contributed by atoms with van der Waals surface area (Å²) in [5, 5.41) is 4.20. The molecular formula is C34H48Cl2O4. The summed E-state index contributed by atoms with van der Waals surface area (Å²) in [5.74, 6) is 2.88. The number of hydrogen-bond donors (Lipinski definition) is 0. The molecule has 4 nitrogen and oxygen atoms in total. The van der Waals surface area contributed by atoms with E-state index in [0.29, 0.717) is 15.8 Å². The van der Waals surface area contributed by atoms with E-state index in [0.717, 1.165) is 90.2 Å². The average molecular weight is 592 g/mol. The van der Waals surface area contributed by atoms with E-state index >= 15 is 0 Å². The third kappa shape index (κ3) is 7.62. The first-order valence-electron chi connectivity index (χ1n) is 15.2. The van der Waals surface area contributed by atoms with Crippen molar-refractivity contribution in [2.24, 2.45) is 0 Å². The second-order valence-electron chi connectivity index (χ2n) is 11.1. The van der Waals surface area contributed by atoms with Crippen molar-refractivity contribution in [1.82, 2.24) is 0 Å². The Balaban J connectivity index is 2.52. The van der Waals surface area contributed by atoms with Gasteiger partial charge in [0.1, 0.15) is 23.0 Å². The maximum absolute atomic E-state index is 7.00. The molecular weight excluding hydrogens is 543 g/mol. The summed E-state index contributed by atoms with van der Waals surface area (Å²) in [6, 6.07) is 7.84. The molecule has 0 spiro atoms. The fraction of sp³-hybridized carbons (Fsp3) is 0.588. The van der Waals surface area contributed by atoms with Gasteiger partial charge < -0.3 is 18.9 Å². The molecule has 0 radical (unpaired) electrons. The molecule has 0 N–H and O–H groups in total. The molecule has 4 unspecified atom stereocenters. The van der Waals surface area contributed by atoms with Crippen LogP contribution in [0.3, 0.4) is 0 Å². The molecule has 40 heavy (non-hydrogen) atoms. The minimum atomic E-state index is -0.0401. The summed E-state index contributed by atoms with van der Waals surface area (Å²) < 4.78 is 26.8. The second kappa shape index (κ2) is 15.3. The van der Waals surface area contributed by atoms with E-state index in [1.807, 2.05) is 24.3 Å². The molecule has 0 fully saturated rings. The average Bonchev–Trinajstić information content (AvgIpc) is 2.89. The smallest absolute Gasteiger partial charge is 0.141 e. The van der Waals surface area contributed by atoms with Crippen molar-refractivity contribution >= 4 is 44.7 Å². The van der Waals surface area contributed by atoms with E-state index in [-0.39, 0.29) is 24.4 Å². The van der Waals surface area contributed by atoms with Gasteiger partial charge in [0.2, 0.25) is 0 Å². The molecule has 0 heterocycles. The van der Waals surface area contributed by atoms with E-state index in [9.17, 15) is 0 Å². The van der Waals surface area contributed by atoms with Crippen LogP contribution < -0.4 is 18.9 Å². The Hall–Kier alpha value is -2.04. The molecule has 0 aliphatic rings. The molecule has 3 rings (SSSR count). The number of rotatable bonds is 16. The highest BCUT2D eigenvalue weighted by Gasteiger charge is 2.28. The Labute approximate surface area is 251 Å². The third-order valence-electron chi connectivity index (χ3n) is 7.22. The number of fused-ring (bicyclic) bond motifs is 2. The fourth-order valence-corrected chi connectivity index (χ4v) is 5.78. The summed E-state index contributed by atoms with van der Waals surface area (Å²) in [4.78, 5) is 0. The highest BCUT2D eigenvalue weighted by molar-refractivity contribution is 6.46. The molecule has 0 aliphatic carbocycles. The Morgan fingerprint density at radius 2 is 0.925 bits per heavy atom. The van der Waals surface area contributed by atoms with Gasteiger partial charge in [-0.1, -0.05) is 76.6 Å². The summed E-state index contributed by atoms with van der Waals surface area (Å²) in [6.45, 7) is 17.1. The lowest BCUT2D eigenvalue weighted by Gasteiger charge is -2.27. The van der Waals surface area contributed by atoms with Crippen LogP contribution in [0.2, 0.25) is 10.0 Å². The van der Waals surface area contributed by atoms with E-state index < -0.39 is 0 Å².